The summed E-state index contributed by atoms with van der Waals surface area (Å²) in [7, 11) is 0. The number of aromatic nitrogens is 2. The standard InChI is InChI=1S/C15H18N2O3S/c1-10-8-17-13(18)7-12(16-15(17)21-10)9-20-14(19)11-5-3-2-4-6-11/h7-8,11H,2-6,9H2,1H3. The molecule has 2 aromatic rings. The molecule has 0 aliphatic heterocycles. The third-order valence-electron chi connectivity index (χ3n) is 3.84. The summed E-state index contributed by atoms with van der Waals surface area (Å²) in [5.41, 5.74) is 0.388. The third kappa shape index (κ3) is 3.15. The van der Waals surface area contributed by atoms with Crippen molar-refractivity contribution in [3.63, 3.8) is 0 Å². The molecule has 1 aliphatic carbocycles. The second kappa shape index (κ2) is 5.97. The van der Waals surface area contributed by atoms with Crippen molar-refractivity contribution in [3.8, 4) is 0 Å². The fourth-order valence-electron chi connectivity index (χ4n) is 2.73. The van der Waals surface area contributed by atoms with E-state index in [1.54, 1.807) is 6.20 Å². The summed E-state index contributed by atoms with van der Waals surface area (Å²) in [6.45, 7) is 2.01. The summed E-state index contributed by atoms with van der Waals surface area (Å²) < 4.78 is 6.85. The second-order valence-corrected chi connectivity index (χ2v) is 6.74. The summed E-state index contributed by atoms with van der Waals surface area (Å²) in [5, 5.41) is 0. The summed E-state index contributed by atoms with van der Waals surface area (Å²) in [4.78, 5) is 30.0. The van der Waals surface area contributed by atoms with Crippen molar-refractivity contribution in [1.82, 2.24) is 9.38 Å². The SMILES string of the molecule is Cc1cn2c(=O)cc(COC(=O)C3CCCCC3)nc2s1. The van der Waals surface area contributed by atoms with E-state index in [2.05, 4.69) is 4.98 Å². The van der Waals surface area contributed by atoms with Gasteiger partial charge in [0.15, 0.2) is 4.96 Å². The van der Waals surface area contributed by atoms with Crippen LogP contribution in [-0.2, 0) is 16.1 Å². The van der Waals surface area contributed by atoms with E-state index in [1.807, 2.05) is 6.92 Å². The van der Waals surface area contributed by atoms with Gasteiger partial charge in [0, 0.05) is 17.1 Å². The van der Waals surface area contributed by atoms with Crippen molar-refractivity contribution in [2.45, 2.75) is 45.6 Å². The molecule has 1 aliphatic rings. The van der Waals surface area contributed by atoms with Gasteiger partial charge >= 0.3 is 5.97 Å². The number of esters is 1. The van der Waals surface area contributed by atoms with E-state index in [-0.39, 0.29) is 24.1 Å². The molecule has 1 fully saturated rings. The molecule has 0 amide bonds. The molecular formula is C15H18N2O3S. The van der Waals surface area contributed by atoms with E-state index in [1.165, 1.54) is 28.2 Å². The predicted octanol–water partition coefficient (Wildman–Crippen LogP) is 2.69. The lowest BCUT2D eigenvalue weighted by atomic mass is 9.89. The number of aryl methyl sites for hydroxylation is 1. The number of nitrogens with zero attached hydrogens (tertiary/aromatic N) is 2. The second-order valence-electron chi connectivity index (χ2n) is 5.52. The lowest BCUT2D eigenvalue weighted by Crippen LogP contribution is -2.21. The quantitative estimate of drug-likeness (QED) is 0.818. The molecule has 0 bridgehead atoms. The third-order valence-corrected chi connectivity index (χ3v) is 4.73. The van der Waals surface area contributed by atoms with Gasteiger partial charge in [0.05, 0.1) is 11.6 Å². The van der Waals surface area contributed by atoms with E-state index in [0.717, 1.165) is 30.6 Å². The first-order chi connectivity index (χ1) is 10.1. The van der Waals surface area contributed by atoms with Gasteiger partial charge in [-0.05, 0) is 19.8 Å². The van der Waals surface area contributed by atoms with E-state index in [4.69, 9.17) is 4.74 Å². The molecule has 0 unspecified atom stereocenters. The van der Waals surface area contributed by atoms with Gasteiger partial charge in [0.25, 0.3) is 5.56 Å². The number of thiazole rings is 1. The first-order valence-electron chi connectivity index (χ1n) is 7.29. The van der Waals surface area contributed by atoms with Crippen LogP contribution in [0.2, 0.25) is 0 Å². The maximum Gasteiger partial charge on any atom is 0.309 e. The number of fused-ring (bicyclic) bond motifs is 1. The molecule has 3 rings (SSSR count). The summed E-state index contributed by atoms with van der Waals surface area (Å²) in [6.07, 6.45) is 7.00. The van der Waals surface area contributed by atoms with Crippen LogP contribution in [0.1, 0.15) is 42.7 Å². The van der Waals surface area contributed by atoms with Crippen LogP contribution in [0.25, 0.3) is 4.96 Å². The zero-order chi connectivity index (χ0) is 14.8. The molecule has 0 spiro atoms. The predicted molar refractivity (Wildman–Crippen MR) is 80.4 cm³/mol. The van der Waals surface area contributed by atoms with Crippen LogP contribution in [0.15, 0.2) is 17.1 Å². The van der Waals surface area contributed by atoms with Crippen molar-refractivity contribution in [1.29, 1.82) is 0 Å². The molecule has 0 radical (unpaired) electrons. The number of hydrogen-bond acceptors (Lipinski definition) is 5. The molecule has 21 heavy (non-hydrogen) atoms. The number of rotatable bonds is 3. The van der Waals surface area contributed by atoms with Gasteiger partial charge in [0.2, 0.25) is 0 Å². The topological polar surface area (TPSA) is 60.7 Å². The highest BCUT2D eigenvalue weighted by molar-refractivity contribution is 7.16. The van der Waals surface area contributed by atoms with Crippen molar-refractivity contribution in [3.05, 3.63) is 33.2 Å². The molecule has 0 N–H and O–H groups in total. The first-order valence-corrected chi connectivity index (χ1v) is 8.10. The zero-order valence-corrected chi connectivity index (χ0v) is 12.8. The molecule has 2 aromatic heterocycles. The number of hydrogen-bond donors (Lipinski definition) is 0. The highest BCUT2D eigenvalue weighted by atomic mass is 32.1. The Morgan fingerprint density at radius 3 is 2.95 bits per heavy atom. The van der Waals surface area contributed by atoms with Gasteiger partial charge in [-0.15, -0.1) is 11.3 Å². The Labute approximate surface area is 126 Å². The Morgan fingerprint density at radius 2 is 2.19 bits per heavy atom. The van der Waals surface area contributed by atoms with Crippen LogP contribution in [0, 0.1) is 12.8 Å². The lowest BCUT2D eigenvalue weighted by molar-refractivity contribution is -0.151. The van der Waals surface area contributed by atoms with E-state index in [9.17, 15) is 9.59 Å². The summed E-state index contributed by atoms with van der Waals surface area (Å²) in [5.74, 6) is -0.133. The van der Waals surface area contributed by atoms with Crippen molar-refractivity contribution in [2.75, 3.05) is 0 Å². The van der Waals surface area contributed by atoms with Crippen LogP contribution in [0.3, 0.4) is 0 Å². The molecule has 0 saturated heterocycles. The maximum atomic E-state index is 12.0. The monoisotopic (exact) mass is 306 g/mol. The Hall–Kier alpha value is -1.69. The van der Waals surface area contributed by atoms with Gasteiger partial charge < -0.3 is 4.74 Å². The molecule has 112 valence electrons. The van der Waals surface area contributed by atoms with Crippen LogP contribution >= 0.6 is 11.3 Å². The van der Waals surface area contributed by atoms with E-state index in [0.29, 0.717) is 10.7 Å². The summed E-state index contributed by atoms with van der Waals surface area (Å²) in [6, 6.07) is 1.44. The van der Waals surface area contributed by atoms with Crippen LogP contribution in [0.5, 0.6) is 0 Å². The minimum atomic E-state index is -0.154. The van der Waals surface area contributed by atoms with Gasteiger partial charge in [0.1, 0.15) is 6.61 Å². The maximum absolute atomic E-state index is 12.0. The van der Waals surface area contributed by atoms with Crippen LogP contribution < -0.4 is 5.56 Å². The lowest BCUT2D eigenvalue weighted by Gasteiger charge is -2.19. The minimum Gasteiger partial charge on any atom is -0.459 e. The summed E-state index contributed by atoms with van der Waals surface area (Å²) >= 11 is 1.45. The fourth-order valence-corrected chi connectivity index (χ4v) is 3.58. The van der Waals surface area contributed by atoms with Crippen LogP contribution in [0.4, 0.5) is 0 Å². The average molecular weight is 306 g/mol. The Morgan fingerprint density at radius 1 is 1.43 bits per heavy atom. The smallest absolute Gasteiger partial charge is 0.309 e. The van der Waals surface area contributed by atoms with Gasteiger partial charge in [-0.3, -0.25) is 14.0 Å². The van der Waals surface area contributed by atoms with Gasteiger partial charge in [-0.25, -0.2) is 4.98 Å². The molecule has 0 aromatic carbocycles. The van der Waals surface area contributed by atoms with Crippen LogP contribution in [-0.4, -0.2) is 15.4 Å². The zero-order valence-electron chi connectivity index (χ0n) is 12.0. The van der Waals surface area contributed by atoms with Crippen molar-refractivity contribution < 1.29 is 9.53 Å². The highest BCUT2D eigenvalue weighted by Crippen LogP contribution is 2.25. The van der Waals surface area contributed by atoms with E-state index < -0.39 is 0 Å². The van der Waals surface area contributed by atoms with Gasteiger partial charge in [-0.1, -0.05) is 19.3 Å². The molecule has 2 heterocycles. The fraction of sp³-hybridized carbons (Fsp3) is 0.533. The highest BCUT2D eigenvalue weighted by Gasteiger charge is 2.22. The minimum absolute atomic E-state index is 0.0209. The first kappa shape index (κ1) is 14.3. The number of ether oxygens (including phenoxy) is 1. The number of carbonyl (C=O) groups excluding carboxylic acids is 1. The molecule has 1 saturated carbocycles. The van der Waals surface area contributed by atoms with E-state index >= 15 is 0 Å². The van der Waals surface area contributed by atoms with Crippen molar-refractivity contribution >= 4 is 22.3 Å². The Kier molecular flexibility index (Phi) is 4.05. The number of carbonyl (C=O) groups is 1. The largest absolute Gasteiger partial charge is 0.459 e. The molecule has 0 atom stereocenters. The average Bonchev–Trinajstić information content (AvgIpc) is 2.87. The molecule has 6 heteroatoms. The molecular weight excluding hydrogens is 288 g/mol. The normalized spacial score (nSPS) is 16.2. The Balaban J connectivity index is 1.70. The molecule has 5 nitrogen and oxygen atoms in total. The van der Waals surface area contributed by atoms with Gasteiger partial charge in [-0.2, -0.15) is 0 Å². The Bertz CT molecular complexity index is 713. The van der Waals surface area contributed by atoms with Crippen molar-refractivity contribution in [2.24, 2.45) is 5.92 Å².